The van der Waals surface area contributed by atoms with Crippen LogP contribution >= 0.6 is 43.5 Å². The molecule has 0 radical (unpaired) electrons. The van der Waals surface area contributed by atoms with E-state index in [1.807, 2.05) is 19.1 Å². The van der Waals surface area contributed by atoms with Crippen LogP contribution in [0.5, 0.6) is 0 Å². The number of nitrogens with one attached hydrogen (secondary N) is 1. The molecule has 4 nitrogen and oxygen atoms in total. The minimum Gasteiger partial charge on any atom is -0.379 e. The van der Waals surface area contributed by atoms with E-state index < -0.39 is 4.92 Å². The topological polar surface area (TPSA) is 55.2 Å². The SMILES string of the molecule is Cc1cc(Br)c(NCc2cc(Cl)ccc2[N+](=O)[O-])c(Br)c1. The lowest BCUT2D eigenvalue weighted by Gasteiger charge is -2.12. The van der Waals surface area contributed by atoms with Gasteiger partial charge in [0.25, 0.3) is 5.69 Å². The summed E-state index contributed by atoms with van der Waals surface area (Å²) < 4.78 is 1.78. The van der Waals surface area contributed by atoms with Crippen molar-refractivity contribution >= 4 is 54.8 Å². The first-order valence-corrected chi connectivity index (χ1v) is 7.97. The molecule has 21 heavy (non-hydrogen) atoms. The molecule has 0 bridgehead atoms. The number of anilines is 1. The number of rotatable bonds is 4. The Hall–Kier alpha value is -1.11. The smallest absolute Gasteiger partial charge is 0.274 e. The maximum Gasteiger partial charge on any atom is 0.274 e. The van der Waals surface area contributed by atoms with Crippen LogP contribution < -0.4 is 5.32 Å². The van der Waals surface area contributed by atoms with Gasteiger partial charge in [-0.15, -0.1) is 0 Å². The summed E-state index contributed by atoms with van der Waals surface area (Å²) in [6.45, 7) is 2.29. The average Bonchev–Trinajstić information content (AvgIpc) is 2.37. The molecule has 0 saturated carbocycles. The highest BCUT2D eigenvalue weighted by atomic mass is 79.9. The van der Waals surface area contributed by atoms with Crippen LogP contribution in [-0.4, -0.2) is 4.92 Å². The van der Waals surface area contributed by atoms with Crippen molar-refractivity contribution in [2.75, 3.05) is 5.32 Å². The first-order valence-electron chi connectivity index (χ1n) is 6.01. The predicted molar refractivity (Wildman–Crippen MR) is 92.0 cm³/mol. The summed E-state index contributed by atoms with van der Waals surface area (Å²) in [5, 5.41) is 14.7. The Morgan fingerprint density at radius 2 is 1.86 bits per heavy atom. The van der Waals surface area contributed by atoms with Crippen LogP contribution in [0.15, 0.2) is 39.3 Å². The fourth-order valence-corrected chi connectivity index (χ4v) is 3.82. The highest BCUT2D eigenvalue weighted by molar-refractivity contribution is 9.11. The number of nitro groups is 1. The van der Waals surface area contributed by atoms with Gasteiger partial charge in [0, 0.05) is 26.6 Å². The van der Waals surface area contributed by atoms with Crippen molar-refractivity contribution in [2.45, 2.75) is 13.5 Å². The zero-order chi connectivity index (χ0) is 15.6. The number of benzene rings is 2. The third kappa shape index (κ3) is 3.96. The van der Waals surface area contributed by atoms with Gasteiger partial charge in [0.15, 0.2) is 0 Å². The maximum atomic E-state index is 11.0. The van der Waals surface area contributed by atoms with Gasteiger partial charge in [0.2, 0.25) is 0 Å². The molecule has 0 aliphatic heterocycles. The Labute approximate surface area is 143 Å². The van der Waals surface area contributed by atoms with Gasteiger partial charge in [0.05, 0.1) is 16.2 Å². The van der Waals surface area contributed by atoms with Crippen LogP contribution in [0.3, 0.4) is 0 Å². The second-order valence-electron chi connectivity index (χ2n) is 4.49. The normalized spacial score (nSPS) is 10.5. The summed E-state index contributed by atoms with van der Waals surface area (Å²) in [4.78, 5) is 10.6. The van der Waals surface area contributed by atoms with Crippen LogP contribution in [0, 0.1) is 17.0 Å². The molecule has 0 heterocycles. The van der Waals surface area contributed by atoms with E-state index in [1.165, 1.54) is 12.1 Å². The van der Waals surface area contributed by atoms with Crippen molar-refractivity contribution in [3.63, 3.8) is 0 Å². The van der Waals surface area contributed by atoms with E-state index in [0.29, 0.717) is 17.1 Å². The molecular weight excluding hydrogens is 423 g/mol. The predicted octanol–water partition coefficient (Wildman–Crippen LogP) is 5.69. The van der Waals surface area contributed by atoms with Gasteiger partial charge in [-0.25, -0.2) is 0 Å². The van der Waals surface area contributed by atoms with Gasteiger partial charge in [-0.3, -0.25) is 10.1 Å². The fraction of sp³-hybridized carbons (Fsp3) is 0.143. The van der Waals surface area contributed by atoms with E-state index in [4.69, 9.17) is 11.6 Å². The monoisotopic (exact) mass is 432 g/mol. The van der Waals surface area contributed by atoms with Gasteiger partial charge >= 0.3 is 0 Å². The number of hydrogen-bond donors (Lipinski definition) is 1. The standard InChI is InChI=1S/C14H11Br2ClN2O2/c1-8-4-11(15)14(12(16)5-8)18-7-9-6-10(17)2-3-13(9)19(20)21/h2-6,18H,7H2,1H3. The lowest BCUT2D eigenvalue weighted by atomic mass is 10.1. The van der Waals surface area contributed by atoms with Crippen LogP contribution in [0.1, 0.15) is 11.1 Å². The summed E-state index contributed by atoms with van der Waals surface area (Å²) in [6, 6.07) is 8.47. The van der Waals surface area contributed by atoms with Crippen LogP contribution in [-0.2, 0) is 6.54 Å². The molecule has 7 heteroatoms. The maximum absolute atomic E-state index is 11.0. The van der Waals surface area contributed by atoms with Gasteiger partial charge in [-0.1, -0.05) is 11.6 Å². The Bertz CT molecular complexity index is 684. The third-order valence-electron chi connectivity index (χ3n) is 2.88. The Morgan fingerprint density at radius 3 is 2.43 bits per heavy atom. The highest BCUT2D eigenvalue weighted by Crippen LogP contribution is 2.33. The van der Waals surface area contributed by atoms with Gasteiger partial charge in [-0.05, 0) is 68.6 Å². The summed E-state index contributed by atoms with van der Waals surface area (Å²) in [5.41, 5.74) is 2.53. The van der Waals surface area contributed by atoms with Crippen molar-refractivity contribution in [3.8, 4) is 0 Å². The van der Waals surface area contributed by atoms with E-state index in [0.717, 1.165) is 20.2 Å². The molecule has 0 unspecified atom stereocenters. The summed E-state index contributed by atoms with van der Waals surface area (Å²) in [7, 11) is 0. The van der Waals surface area contributed by atoms with Crippen molar-refractivity contribution in [1.29, 1.82) is 0 Å². The molecule has 2 aromatic carbocycles. The number of halogens is 3. The Balaban J connectivity index is 2.28. The second kappa shape index (κ2) is 6.77. The number of aryl methyl sites for hydroxylation is 1. The zero-order valence-corrected chi connectivity index (χ0v) is 14.9. The molecule has 2 aromatic rings. The van der Waals surface area contributed by atoms with Gasteiger partial charge < -0.3 is 5.32 Å². The number of nitro benzene ring substituents is 1. The molecule has 0 amide bonds. The van der Waals surface area contributed by atoms with Crippen molar-refractivity contribution in [1.82, 2.24) is 0 Å². The lowest BCUT2D eigenvalue weighted by molar-refractivity contribution is -0.385. The van der Waals surface area contributed by atoms with Crippen LogP contribution in [0.4, 0.5) is 11.4 Å². The van der Waals surface area contributed by atoms with E-state index in [1.54, 1.807) is 6.07 Å². The summed E-state index contributed by atoms with van der Waals surface area (Å²) >= 11 is 12.9. The van der Waals surface area contributed by atoms with Gasteiger partial charge in [-0.2, -0.15) is 0 Å². The molecule has 0 atom stereocenters. The van der Waals surface area contributed by atoms with Crippen molar-refractivity contribution in [2.24, 2.45) is 0 Å². The molecule has 0 aliphatic carbocycles. The molecule has 0 saturated heterocycles. The van der Waals surface area contributed by atoms with Crippen molar-refractivity contribution in [3.05, 3.63) is 65.5 Å². The zero-order valence-electron chi connectivity index (χ0n) is 11.0. The van der Waals surface area contributed by atoms with Crippen molar-refractivity contribution < 1.29 is 4.92 Å². The minimum atomic E-state index is -0.410. The first kappa shape index (κ1) is 16.3. The first-order chi connectivity index (χ1) is 9.88. The van der Waals surface area contributed by atoms with E-state index in [-0.39, 0.29) is 5.69 Å². The number of hydrogen-bond acceptors (Lipinski definition) is 3. The van der Waals surface area contributed by atoms with E-state index >= 15 is 0 Å². The molecule has 110 valence electrons. The van der Waals surface area contributed by atoms with Gasteiger partial charge in [0.1, 0.15) is 0 Å². The Morgan fingerprint density at radius 1 is 1.24 bits per heavy atom. The molecule has 1 N–H and O–H groups in total. The van der Waals surface area contributed by atoms with E-state index in [9.17, 15) is 10.1 Å². The largest absolute Gasteiger partial charge is 0.379 e. The quantitative estimate of drug-likeness (QED) is 0.497. The Kier molecular flexibility index (Phi) is 5.24. The summed E-state index contributed by atoms with van der Waals surface area (Å²) in [5.74, 6) is 0. The lowest BCUT2D eigenvalue weighted by Crippen LogP contribution is -2.04. The molecule has 0 aromatic heterocycles. The summed E-state index contributed by atoms with van der Waals surface area (Å²) in [6.07, 6.45) is 0. The van der Waals surface area contributed by atoms with E-state index in [2.05, 4.69) is 37.2 Å². The highest BCUT2D eigenvalue weighted by Gasteiger charge is 2.14. The third-order valence-corrected chi connectivity index (χ3v) is 4.37. The second-order valence-corrected chi connectivity index (χ2v) is 6.63. The molecule has 2 rings (SSSR count). The number of nitrogens with zero attached hydrogens (tertiary/aromatic N) is 1. The molecular formula is C14H11Br2ClN2O2. The molecule has 0 fully saturated rings. The fourth-order valence-electron chi connectivity index (χ4n) is 1.93. The van der Waals surface area contributed by atoms with Crippen LogP contribution in [0.25, 0.3) is 0 Å². The minimum absolute atomic E-state index is 0.0475. The molecule has 0 aliphatic rings. The average molecular weight is 435 g/mol. The van der Waals surface area contributed by atoms with Crippen LogP contribution in [0.2, 0.25) is 5.02 Å². The molecule has 0 spiro atoms.